The lowest BCUT2D eigenvalue weighted by Crippen LogP contribution is -2.42. The van der Waals surface area contributed by atoms with Crippen LogP contribution >= 0.6 is 0 Å². The van der Waals surface area contributed by atoms with E-state index in [1.807, 2.05) is 6.92 Å². The minimum atomic E-state index is -1.51. The Morgan fingerprint density at radius 1 is 1.47 bits per heavy atom. The molecule has 1 rings (SSSR count). The van der Waals surface area contributed by atoms with Gasteiger partial charge in [0.25, 0.3) is 5.56 Å². The first kappa shape index (κ1) is 13.9. The van der Waals surface area contributed by atoms with Crippen molar-refractivity contribution >= 4 is 8.07 Å². The number of nitrogens with zero attached hydrogens (tertiary/aromatic N) is 1. The number of hydrogen-bond donors (Lipinski definition) is 1. The maximum absolute atomic E-state index is 13.0. The molecule has 0 aliphatic rings. The number of halogens is 1. The highest BCUT2D eigenvalue weighted by Gasteiger charge is 2.23. The minimum absolute atomic E-state index is 0.0305. The van der Waals surface area contributed by atoms with E-state index in [1.165, 1.54) is 0 Å². The molecule has 0 aliphatic heterocycles. The SMILES string of the molecule is CC(OCn1c(=O)[nH]cc(F)c1=O)[Si](C)(C)C. The van der Waals surface area contributed by atoms with Gasteiger partial charge in [-0.25, -0.2) is 9.36 Å². The molecule has 0 bridgehead atoms. The third kappa shape index (κ3) is 3.37. The predicted octanol–water partition coefficient (Wildman–Crippen LogP) is 0.916. The van der Waals surface area contributed by atoms with Crippen molar-refractivity contribution in [3.05, 3.63) is 32.9 Å². The van der Waals surface area contributed by atoms with Gasteiger partial charge in [0, 0.05) is 11.9 Å². The predicted molar refractivity (Wildman–Crippen MR) is 65.2 cm³/mol. The quantitative estimate of drug-likeness (QED) is 0.819. The molecule has 1 aromatic rings. The molecule has 1 aromatic heterocycles. The van der Waals surface area contributed by atoms with Gasteiger partial charge in [-0.1, -0.05) is 19.6 Å². The van der Waals surface area contributed by atoms with E-state index < -0.39 is 25.1 Å². The van der Waals surface area contributed by atoms with Crippen molar-refractivity contribution in [2.24, 2.45) is 0 Å². The van der Waals surface area contributed by atoms with E-state index in [4.69, 9.17) is 4.74 Å². The maximum atomic E-state index is 13.0. The zero-order valence-corrected chi connectivity index (χ0v) is 11.4. The Morgan fingerprint density at radius 2 is 2.06 bits per heavy atom. The Hall–Kier alpha value is -1.21. The molecule has 0 radical (unpaired) electrons. The summed E-state index contributed by atoms with van der Waals surface area (Å²) in [6.07, 6.45) is 0.753. The van der Waals surface area contributed by atoms with Crippen molar-refractivity contribution in [2.75, 3.05) is 0 Å². The third-order valence-corrected chi connectivity index (χ3v) is 5.30. The van der Waals surface area contributed by atoms with Gasteiger partial charge >= 0.3 is 5.69 Å². The van der Waals surface area contributed by atoms with E-state index in [2.05, 4.69) is 24.6 Å². The van der Waals surface area contributed by atoms with Crippen LogP contribution in [-0.4, -0.2) is 23.4 Å². The van der Waals surface area contributed by atoms with Crippen LogP contribution in [0.5, 0.6) is 0 Å². The largest absolute Gasteiger partial charge is 0.361 e. The number of ether oxygens (including phenoxy) is 1. The average Bonchev–Trinajstić information content (AvgIpc) is 2.22. The molecule has 17 heavy (non-hydrogen) atoms. The Labute approximate surface area is 99.3 Å². The molecule has 1 N–H and O–H groups in total. The molecule has 0 amide bonds. The van der Waals surface area contributed by atoms with Crippen LogP contribution < -0.4 is 11.2 Å². The number of aromatic nitrogens is 2. The summed E-state index contributed by atoms with van der Waals surface area (Å²) in [5, 5.41) is 0. The Morgan fingerprint density at radius 3 is 2.59 bits per heavy atom. The van der Waals surface area contributed by atoms with Crippen LogP contribution in [0.15, 0.2) is 15.8 Å². The van der Waals surface area contributed by atoms with Gasteiger partial charge in [0.1, 0.15) is 6.73 Å². The molecule has 96 valence electrons. The van der Waals surface area contributed by atoms with Gasteiger partial charge in [-0.2, -0.15) is 4.39 Å². The normalized spacial score (nSPS) is 13.7. The fourth-order valence-electron chi connectivity index (χ4n) is 1.04. The van der Waals surface area contributed by atoms with Gasteiger partial charge in [0.05, 0.1) is 8.07 Å². The van der Waals surface area contributed by atoms with Crippen molar-refractivity contribution < 1.29 is 9.13 Å². The molecule has 0 saturated heterocycles. The fourth-order valence-corrected chi connectivity index (χ4v) is 1.61. The van der Waals surface area contributed by atoms with Gasteiger partial charge in [0.2, 0.25) is 5.82 Å². The van der Waals surface area contributed by atoms with E-state index in [-0.39, 0.29) is 12.5 Å². The average molecular weight is 260 g/mol. The summed E-state index contributed by atoms with van der Waals surface area (Å²) in [6.45, 7) is 7.99. The highest BCUT2D eigenvalue weighted by atomic mass is 28.3. The van der Waals surface area contributed by atoms with Gasteiger partial charge in [-0.05, 0) is 6.92 Å². The number of hydrogen-bond acceptors (Lipinski definition) is 3. The number of rotatable bonds is 4. The zero-order chi connectivity index (χ0) is 13.2. The lowest BCUT2D eigenvalue weighted by Gasteiger charge is -2.25. The van der Waals surface area contributed by atoms with E-state index in [0.29, 0.717) is 4.57 Å². The summed E-state index contributed by atoms with van der Waals surface area (Å²) in [4.78, 5) is 24.8. The summed E-state index contributed by atoms with van der Waals surface area (Å²) in [5.74, 6) is -0.992. The Balaban J connectivity index is 2.88. The lowest BCUT2D eigenvalue weighted by atomic mass is 10.6. The van der Waals surface area contributed by atoms with Crippen LogP contribution in [0.4, 0.5) is 4.39 Å². The molecule has 1 heterocycles. The van der Waals surface area contributed by atoms with Gasteiger partial charge in [-0.3, -0.25) is 4.79 Å². The summed E-state index contributed by atoms with van der Waals surface area (Å²) in [7, 11) is -1.51. The Bertz CT molecular complexity index is 503. The first-order valence-electron chi connectivity index (χ1n) is 5.33. The van der Waals surface area contributed by atoms with E-state index in [0.717, 1.165) is 6.20 Å². The molecule has 1 atom stereocenters. The molecule has 0 spiro atoms. The highest BCUT2D eigenvalue weighted by molar-refractivity contribution is 6.77. The van der Waals surface area contributed by atoms with Crippen molar-refractivity contribution in [3.63, 3.8) is 0 Å². The second-order valence-corrected chi connectivity index (χ2v) is 10.5. The second-order valence-electron chi connectivity index (χ2n) is 4.98. The maximum Gasteiger partial charge on any atom is 0.330 e. The monoisotopic (exact) mass is 260 g/mol. The molecule has 1 unspecified atom stereocenters. The number of H-pyrrole nitrogens is 1. The van der Waals surface area contributed by atoms with Crippen LogP contribution in [0.2, 0.25) is 19.6 Å². The molecule has 0 fully saturated rings. The molecule has 7 heteroatoms. The van der Waals surface area contributed by atoms with Crippen LogP contribution in [-0.2, 0) is 11.5 Å². The summed E-state index contributed by atoms with van der Waals surface area (Å²) in [6, 6.07) is 0. The molecular formula is C10H17FN2O3Si. The zero-order valence-electron chi connectivity index (χ0n) is 10.4. The minimum Gasteiger partial charge on any atom is -0.361 e. The molecule has 5 nitrogen and oxygen atoms in total. The first-order valence-corrected chi connectivity index (χ1v) is 8.91. The molecule has 0 aromatic carbocycles. The first-order chi connectivity index (χ1) is 7.73. The fraction of sp³-hybridized carbons (Fsp3) is 0.600. The van der Waals surface area contributed by atoms with Crippen LogP contribution in [0.1, 0.15) is 6.92 Å². The summed E-state index contributed by atoms with van der Waals surface area (Å²) in [5.41, 5.74) is -1.66. The topological polar surface area (TPSA) is 64.1 Å². The Kier molecular flexibility index (Phi) is 4.05. The van der Waals surface area contributed by atoms with E-state index >= 15 is 0 Å². The van der Waals surface area contributed by atoms with Crippen LogP contribution in [0.3, 0.4) is 0 Å². The third-order valence-electron chi connectivity index (χ3n) is 2.69. The second kappa shape index (κ2) is 4.97. The molecule has 0 saturated carbocycles. The highest BCUT2D eigenvalue weighted by Crippen LogP contribution is 2.10. The van der Waals surface area contributed by atoms with Gasteiger partial charge < -0.3 is 9.72 Å². The summed E-state index contributed by atoms with van der Waals surface area (Å²) >= 11 is 0. The van der Waals surface area contributed by atoms with Crippen molar-refractivity contribution in [3.8, 4) is 0 Å². The van der Waals surface area contributed by atoms with Crippen LogP contribution in [0, 0.1) is 5.82 Å². The molecular weight excluding hydrogens is 243 g/mol. The smallest absolute Gasteiger partial charge is 0.330 e. The molecule has 0 aliphatic carbocycles. The van der Waals surface area contributed by atoms with Crippen molar-refractivity contribution in [2.45, 2.75) is 39.0 Å². The van der Waals surface area contributed by atoms with E-state index in [1.54, 1.807) is 0 Å². The number of nitrogens with one attached hydrogen (secondary N) is 1. The van der Waals surface area contributed by atoms with Crippen molar-refractivity contribution in [1.82, 2.24) is 9.55 Å². The lowest BCUT2D eigenvalue weighted by molar-refractivity contribution is 0.0508. The van der Waals surface area contributed by atoms with E-state index in [9.17, 15) is 14.0 Å². The van der Waals surface area contributed by atoms with Gasteiger partial charge in [0.15, 0.2) is 0 Å². The van der Waals surface area contributed by atoms with Crippen LogP contribution in [0.25, 0.3) is 0 Å². The standard InChI is InChI=1S/C10H17FN2O3Si/c1-7(17(2,3)4)16-6-13-9(14)8(11)5-12-10(13)15/h5,7H,6H2,1-4H3,(H,12,15). The number of aromatic amines is 1. The van der Waals surface area contributed by atoms with Gasteiger partial charge in [-0.15, -0.1) is 0 Å². The van der Waals surface area contributed by atoms with Crippen molar-refractivity contribution in [1.29, 1.82) is 0 Å². The summed E-state index contributed by atoms with van der Waals surface area (Å²) < 4.78 is 19.1.